The third kappa shape index (κ3) is 6.17. The number of amides is 2. The molecule has 0 radical (unpaired) electrons. The van der Waals surface area contributed by atoms with Crippen molar-refractivity contribution in [2.75, 3.05) is 13.2 Å². The van der Waals surface area contributed by atoms with Crippen molar-refractivity contribution < 1.29 is 19.1 Å². The maximum atomic E-state index is 12.9. The van der Waals surface area contributed by atoms with Crippen LogP contribution in [0.5, 0.6) is 11.5 Å². The minimum atomic E-state index is -0.248. The maximum absolute atomic E-state index is 12.9. The Morgan fingerprint density at radius 3 is 2.59 bits per heavy atom. The van der Waals surface area contributed by atoms with Gasteiger partial charge in [-0.25, -0.2) is 0 Å². The lowest BCUT2D eigenvalue weighted by molar-refractivity contribution is -0.122. The number of hydrogen-bond acceptors (Lipinski definition) is 5. The molecule has 1 saturated heterocycles. The first-order valence-corrected chi connectivity index (χ1v) is 12.5. The monoisotopic (exact) mass is 517 g/mol. The zero-order chi connectivity index (χ0) is 23.1. The summed E-state index contributed by atoms with van der Waals surface area (Å²) in [7, 11) is 0. The number of imide groups is 1. The molecule has 0 bridgehead atoms. The van der Waals surface area contributed by atoms with Crippen LogP contribution in [0.25, 0.3) is 6.08 Å². The van der Waals surface area contributed by atoms with Gasteiger partial charge in [0, 0.05) is 6.54 Å². The summed E-state index contributed by atoms with van der Waals surface area (Å²) in [5.41, 5.74) is 1.97. The summed E-state index contributed by atoms with van der Waals surface area (Å²) in [5.74, 6) is 1.00. The van der Waals surface area contributed by atoms with Crippen LogP contribution in [0.1, 0.15) is 44.7 Å². The van der Waals surface area contributed by atoms with Crippen molar-refractivity contribution in [3.05, 3.63) is 63.0 Å². The van der Waals surface area contributed by atoms with Gasteiger partial charge in [-0.2, -0.15) is 0 Å². The largest absolute Gasteiger partial charge is 0.490 e. The van der Waals surface area contributed by atoms with E-state index < -0.39 is 0 Å². The Bertz CT molecular complexity index is 993. The molecule has 170 valence electrons. The molecular weight excluding hydrogens is 490 g/mol. The number of benzene rings is 2. The summed E-state index contributed by atoms with van der Waals surface area (Å²) in [4.78, 5) is 27.1. The van der Waals surface area contributed by atoms with Crippen molar-refractivity contribution in [1.29, 1.82) is 0 Å². The van der Waals surface area contributed by atoms with Crippen LogP contribution < -0.4 is 9.47 Å². The van der Waals surface area contributed by atoms with Gasteiger partial charge < -0.3 is 9.47 Å². The molecule has 7 heteroatoms. The van der Waals surface area contributed by atoms with Gasteiger partial charge in [0.05, 0.1) is 22.1 Å². The molecule has 0 unspecified atom stereocenters. The number of aryl methyl sites for hydroxylation is 1. The van der Waals surface area contributed by atoms with E-state index in [1.807, 2.05) is 44.2 Å². The highest BCUT2D eigenvalue weighted by Crippen LogP contribution is 2.40. The summed E-state index contributed by atoms with van der Waals surface area (Å²) >= 11 is 4.54. The lowest BCUT2D eigenvalue weighted by atomic mass is 10.1. The summed E-state index contributed by atoms with van der Waals surface area (Å²) in [6.07, 6.45) is 4.21. The van der Waals surface area contributed by atoms with Crippen LogP contribution >= 0.6 is 27.7 Å². The van der Waals surface area contributed by atoms with Crippen molar-refractivity contribution in [1.82, 2.24) is 4.90 Å². The zero-order valence-electron chi connectivity index (χ0n) is 18.6. The predicted molar refractivity (Wildman–Crippen MR) is 133 cm³/mol. The molecule has 1 atom stereocenters. The van der Waals surface area contributed by atoms with Gasteiger partial charge in [-0.3, -0.25) is 14.5 Å². The number of nitrogens with zero attached hydrogens (tertiary/aromatic N) is 1. The number of carbonyl (C=O) groups is 2. The molecule has 2 aromatic carbocycles. The van der Waals surface area contributed by atoms with Gasteiger partial charge in [-0.15, -0.1) is 0 Å². The lowest BCUT2D eigenvalue weighted by Crippen LogP contribution is -2.29. The molecular formula is C25H28BrNO4S. The molecule has 1 aliphatic heterocycles. The fourth-order valence-corrected chi connectivity index (χ4v) is 4.68. The standard InChI is InChI=1S/C25H28BrNO4S/c1-4-17(3)31-23-20(26)14-19(15-21(23)30-5-2)16-22-24(28)27(25(29)32-22)13-9-12-18-10-7-6-8-11-18/h6-8,10-11,14-17H,4-5,9,12-13H2,1-3H3/b22-16+/t17-/m1/s1. The second-order valence-corrected chi connectivity index (χ2v) is 9.37. The van der Waals surface area contributed by atoms with Crippen LogP contribution in [0.4, 0.5) is 4.79 Å². The van der Waals surface area contributed by atoms with E-state index in [9.17, 15) is 9.59 Å². The molecule has 1 fully saturated rings. The Kier molecular flexibility index (Phi) is 8.82. The normalized spacial score (nSPS) is 16.0. The Morgan fingerprint density at radius 1 is 1.16 bits per heavy atom. The quantitative estimate of drug-likeness (QED) is 0.328. The highest BCUT2D eigenvalue weighted by molar-refractivity contribution is 9.10. The van der Waals surface area contributed by atoms with E-state index in [1.54, 1.807) is 6.08 Å². The Morgan fingerprint density at radius 2 is 1.91 bits per heavy atom. The topological polar surface area (TPSA) is 55.8 Å². The second kappa shape index (κ2) is 11.6. The maximum Gasteiger partial charge on any atom is 0.293 e. The van der Waals surface area contributed by atoms with Crippen LogP contribution in [0.2, 0.25) is 0 Å². The summed E-state index contributed by atoms with van der Waals surface area (Å²) < 4.78 is 12.5. The molecule has 5 nitrogen and oxygen atoms in total. The first-order chi connectivity index (χ1) is 15.4. The van der Waals surface area contributed by atoms with Crippen molar-refractivity contribution >= 4 is 44.9 Å². The molecule has 0 spiro atoms. The predicted octanol–water partition coefficient (Wildman–Crippen LogP) is 6.69. The number of hydrogen-bond donors (Lipinski definition) is 0. The first-order valence-electron chi connectivity index (χ1n) is 10.8. The summed E-state index contributed by atoms with van der Waals surface area (Å²) in [6, 6.07) is 13.8. The van der Waals surface area contributed by atoms with Crippen LogP contribution in [-0.4, -0.2) is 35.3 Å². The summed E-state index contributed by atoms with van der Waals surface area (Å²) in [6.45, 7) is 6.87. The van der Waals surface area contributed by atoms with Gasteiger partial charge in [0.15, 0.2) is 11.5 Å². The molecule has 1 aliphatic rings. The first kappa shape index (κ1) is 24.4. The number of carbonyl (C=O) groups excluding carboxylic acids is 2. The average molecular weight is 518 g/mol. The van der Waals surface area contributed by atoms with Crippen LogP contribution in [0.15, 0.2) is 51.8 Å². The van der Waals surface area contributed by atoms with Gasteiger partial charge in [0.1, 0.15) is 0 Å². The van der Waals surface area contributed by atoms with E-state index >= 15 is 0 Å². The third-order valence-electron chi connectivity index (χ3n) is 5.09. The van der Waals surface area contributed by atoms with Gasteiger partial charge in [0.25, 0.3) is 11.1 Å². The van der Waals surface area contributed by atoms with Gasteiger partial charge in [0.2, 0.25) is 0 Å². The highest BCUT2D eigenvalue weighted by atomic mass is 79.9. The van der Waals surface area contributed by atoms with E-state index in [0.29, 0.717) is 29.6 Å². The molecule has 3 rings (SSSR count). The van der Waals surface area contributed by atoms with Gasteiger partial charge in [-0.05, 0) is 90.1 Å². The van der Waals surface area contributed by atoms with Crippen LogP contribution in [0, 0.1) is 0 Å². The molecule has 0 aromatic heterocycles. The molecule has 0 N–H and O–H groups in total. The van der Waals surface area contributed by atoms with E-state index in [1.165, 1.54) is 10.5 Å². The molecule has 0 aliphatic carbocycles. The Labute approximate surface area is 202 Å². The van der Waals surface area contributed by atoms with E-state index in [0.717, 1.165) is 41.1 Å². The highest BCUT2D eigenvalue weighted by Gasteiger charge is 2.34. The number of rotatable bonds is 10. The number of halogens is 1. The second-order valence-electron chi connectivity index (χ2n) is 7.52. The van der Waals surface area contributed by atoms with Crippen molar-refractivity contribution in [3.63, 3.8) is 0 Å². The van der Waals surface area contributed by atoms with E-state index in [-0.39, 0.29) is 17.3 Å². The van der Waals surface area contributed by atoms with E-state index in [2.05, 4.69) is 35.0 Å². The number of thioether (sulfide) groups is 1. The molecule has 32 heavy (non-hydrogen) atoms. The SMILES string of the molecule is CCOc1cc(/C=C2/SC(=O)N(CCCc3ccccc3)C2=O)cc(Br)c1O[C@H](C)CC. The Balaban J connectivity index is 1.74. The van der Waals surface area contributed by atoms with Crippen LogP contribution in [0.3, 0.4) is 0 Å². The third-order valence-corrected chi connectivity index (χ3v) is 6.58. The number of ether oxygens (including phenoxy) is 2. The van der Waals surface area contributed by atoms with Crippen LogP contribution in [-0.2, 0) is 11.2 Å². The van der Waals surface area contributed by atoms with E-state index in [4.69, 9.17) is 9.47 Å². The van der Waals surface area contributed by atoms with Crippen molar-refractivity contribution in [2.24, 2.45) is 0 Å². The van der Waals surface area contributed by atoms with Gasteiger partial charge >= 0.3 is 0 Å². The summed E-state index contributed by atoms with van der Waals surface area (Å²) in [5, 5.41) is -0.227. The zero-order valence-corrected chi connectivity index (χ0v) is 21.0. The molecule has 2 aromatic rings. The van der Waals surface area contributed by atoms with Gasteiger partial charge in [-0.1, -0.05) is 37.3 Å². The minimum Gasteiger partial charge on any atom is -0.490 e. The fraction of sp³-hybridized carbons (Fsp3) is 0.360. The average Bonchev–Trinajstić information content (AvgIpc) is 3.04. The molecule has 2 amide bonds. The van der Waals surface area contributed by atoms with Crippen molar-refractivity contribution in [2.45, 2.75) is 46.1 Å². The Hall–Kier alpha value is -2.25. The lowest BCUT2D eigenvalue weighted by Gasteiger charge is -2.18. The van der Waals surface area contributed by atoms with Crippen molar-refractivity contribution in [3.8, 4) is 11.5 Å². The molecule has 1 heterocycles. The minimum absolute atomic E-state index is 0.0451. The molecule has 0 saturated carbocycles. The fourth-order valence-electron chi connectivity index (χ4n) is 3.26. The smallest absolute Gasteiger partial charge is 0.293 e.